The minimum absolute atomic E-state index is 0.130. The molecule has 38 heavy (non-hydrogen) atoms. The number of ether oxygens (including phenoxy) is 1. The molecule has 2 unspecified atom stereocenters. The van der Waals surface area contributed by atoms with E-state index in [-0.39, 0.29) is 24.8 Å². The third-order valence-corrected chi connectivity index (χ3v) is 7.59. The van der Waals surface area contributed by atoms with E-state index in [9.17, 15) is 19.5 Å². The van der Waals surface area contributed by atoms with Gasteiger partial charge in [-0.2, -0.15) is 0 Å². The lowest BCUT2D eigenvalue weighted by atomic mass is 9.96. The normalized spacial score (nSPS) is 21.8. The molecule has 2 fully saturated rings. The maximum absolute atomic E-state index is 13.8. The fourth-order valence-electron chi connectivity index (χ4n) is 5.56. The zero-order valence-corrected chi connectivity index (χ0v) is 22.3. The number of hydrogen-bond donors (Lipinski definition) is 3. The van der Waals surface area contributed by atoms with Crippen molar-refractivity contribution in [1.29, 1.82) is 0 Å². The van der Waals surface area contributed by atoms with E-state index < -0.39 is 23.9 Å². The number of aromatic hydroxyl groups is 1. The van der Waals surface area contributed by atoms with Gasteiger partial charge in [0.1, 0.15) is 11.8 Å². The smallest absolute Gasteiger partial charge is 0.338 e. The fraction of sp³-hybridized carbons (Fsp3) is 0.483. The summed E-state index contributed by atoms with van der Waals surface area (Å²) in [6.07, 6.45) is 4.50. The quantitative estimate of drug-likeness (QED) is 0.325. The Morgan fingerprint density at radius 2 is 1.79 bits per heavy atom. The van der Waals surface area contributed by atoms with Crippen molar-refractivity contribution in [2.24, 2.45) is 11.7 Å². The number of likely N-dealkylation sites (tertiary alicyclic amines) is 1. The summed E-state index contributed by atoms with van der Waals surface area (Å²) in [6.45, 7) is 4.91. The average Bonchev–Trinajstić information content (AvgIpc) is 3.69. The average molecular weight is 524 g/mol. The van der Waals surface area contributed by atoms with Crippen LogP contribution in [0.1, 0.15) is 48.5 Å². The van der Waals surface area contributed by atoms with Gasteiger partial charge in [0, 0.05) is 18.0 Å². The first-order chi connectivity index (χ1) is 18.2. The van der Waals surface area contributed by atoms with E-state index in [1.54, 1.807) is 60.4 Å². The van der Waals surface area contributed by atoms with Gasteiger partial charge >= 0.3 is 12.0 Å². The summed E-state index contributed by atoms with van der Waals surface area (Å²) in [6, 6.07) is 11.7. The van der Waals surface area contributed by atoms with Crippen molar-refractivity contribution in [3.05, 3.63) is 59.7 Å². The molecule has 1 aliphatic carbocycles. The number of primary amides is 1. The molecule has 9 nitrogen and oxygen atoms in total. The maximum Gasteiger partial charge on any atom is 0.338 e. The number of nitrogens with one attached hydrogen (secondary N) is 1. The van der Waals surface area contributed by atoms with Crippen molar-refractivity contribution in [3.8, 4) is 5.75 Å². The van der Waals surface area contributed by atoms with Crippen LogP contribution in [0.3, 0.4) is 0 Å². The number of likely N-dealkylation sites (N-methyl/N-ethyl adjacent to an activating group) is 1. The number of anilines is 1. The predicted octanol–water partition coefficient (Wildman–Crippen LogP) is 3.52. The summed E-state index contributed by atoms with van der Waals surface area (Å²) >= 11 is 0. The number of piperidine rings is 1. The highest BCUT2D eigenvalue weighted by molar-refractivity contribution is 5.95. The summed E-state index contributed by atoms with van der Waals surface area (Å²) in [5.41, 5.74) is 7.63. The van der Waals surface area contributed by atoms with Gasteiger partial charge in [-0.15, -0.1) is 0 Å². The minimum Gasteiger partial charge on any atom is -0.508 e. The molecule has 1 saturated carbocycles. The molecule has 2 aromatic carbocycles. The molecule has 204 valence electrons. The second-order valence-corrected chi connectivity index (χ2v) is 10.9. The van der Waals surface area contributed by atoms with Crippen LogP contribution in [0.4, 0.5) is 10.5 Å². The standard InChI is InChI=1S/C29H38N4O5/c1-3-38-28(36)22-10-12-23(13-11-22)31-29(37)32(24-5-4-16-33(2,19-24)18-21-6-7-21)26(27(30)35)17-20-8-14-25(34)15-9-20/h8-15,21,24,26H,3-7,16-19H2,1-2H3,(H3-,30,31,34,35,36,37)/p+1/t24?,26-,33?/m0/s1. The summed E-state index contributed by atoms with van der Waals surface area (Å²) in [7, 11) is 2.24. The number of quaternary nitrogens is 1. The molecule has 1 aliphatic heterocycles. The van der Waals surface area contributed by atoms with Crippen molar-refractivity contribution in [3.63, 3.8) is 0 Å². The zero-order chi connectivity index (χ0) is 27.3. The van der Waals surface area contributed by atoms with Crippen molar-refractivity contribution >= 4 is 23.6 Å². The third-order valence-electron chi connectivity index (χ3n) is 7.59. The summed E-state index contributed by atoms with van der Waals surface area (Å²) < 4.78 is 5.91. The van der Waals surface area contributed by atoms with Gasteiger partial charge in [0.25, 0.3) is 0 Å². The number of hydrogen-bond acceptors (Lipinski definition) is 5. The number of carbonyl (C=O) groups is 3. The van der Waals surface area contributed by atoms with Crippen molar-refractivity contribution in [2.45, 2.75) is 51.1 Å². The van der Waals surface area contributed by atoms with Crippen LogP contribution < -0.4 is 11.1 Å². The first-order valence-corrected chi connectivity index (χ1v) is 13.4. The first kappa shape index (κ1) is 27.4. The van der Waals surface area contributed by atoms with Gasteiger partial charge in [0.15, 0.2) is 0 Å². The van der Waals surface area contributed by atoms with E-state index >= 15 is 0 Å². The molecule has 0 spiro atoms. The number of nitrogens with zero attached hydrogens (tertiary/aromatic N) is 2. The molecule has 9 heteroatoms. The summed E-state index contributed by atoms with van der Waals surface area (Å²) in [4.78, 5) is 40.3. The zero-order valence-electron chi connectivity index (χ0n) is 22.3. The lowest BCUT2D eigenvalue weighted by molar-refractivity contribution is -0.917. The van der Waals surface area contributed by atoms with Gasteiger partial charge in [0.2, 0.25) is 5.91 Å². The van der Waals surface area contributed by atoms with E-state index in [1.807, 2.05) is 0 Å². The van der Waals surface area contributed by atoms with Crippen molar-refractivity contribution < 1.29 is 28.7 Å². The van der Waals surface area contributed by atoms with Crippen LogP contribution in [0.5, 0.6) is 5.75 Å². The van der Waals surface area contributed by atoms with Crippen LogP contribution >= 0.6 is 0 Å². The number of rotatable bonds is 10. The molecule has 1 saturated heterocycles. The van der Waals surface area contributed by atoms with E-state index in [4.69, 9.17) is 10.5 Å². The van der Waals surface area contributed by atoms with Crippen LogP contribution in [0.15, 0.2) is 48.5 Å². The first-order valence-electron chi connectivity index (χ1n) is 13.4. The predicted molar refractivity (Wildman–Crippen MR) is 145 cm³/mol. The molecule has 3 amide bonds. The van der Waals surface area contributed by atoms with Crippen molar-refractivity contribution in [2.75, 3.05) is 38.6 Å². The number of nitrogens with two attached hydrogens (primary N) is 1. The maximum atomic E-state index is 13.8. The number of amides is 3. The summed E-state index contributed by atoms with van der Waals surface area (Å²) in [5, 5.41) is 12.6. The number of esters is 1. The van der Waals surface area contributed by atoms with Gasteiger partial charge in [-0.05, 0) is 74.6 Å². The molecular weight excluding hydrogens is 484 g/mol. The minimum atomic E-state index is -0.865. The van der Waals surface area contributed by atoms with Crippen LogP contribution in [0, 0.1) is 5.92 Å². The van der Waals surface area contributed by atoms with Gasteiger partial charge in [-0.3, -0.25) is 4.79 Å². The number of carbonyl (C=O) groups excluding carboxylic acids is 3. The van der Waals surface area contributed by atoms with Crippen LogP contribution in [-0.4, -0.2) is 77.8 Å². The molecule has 0 radical (unpaired) electrons. The highest BCUT2D eigenvalue weighted by atomic mass is 16.5. The molecule has 0 bridgehead atoms. The Morgan fingerprint density at radius 1 is 1.11 bits per heavy atom. The van der Waals surface area contributed by atoms with Gasteiger partial charge in [-0.25, -0.2) is 9.59 Å². The number of phenolic OH excluding ortho intramolecular Hbond substituents is 1. The monoisotopic (exact) mass is 523 g/mol. The Kier molecular flexibility index (Phi) is 8.56. The van der Waals surface area contributed by atoms with E-state index in [2.05, 4.69) is 12.4 Å². The second kappa shape index (κ2) is 11.9. The topological polar surface area (TPSA) is 122 Å². The number of phenols is 1. The van der Waals surface area contributed by atoms with Gasteiger partial charge in [0.05, 0.1) is 44.9 Å². The van der Waals surface area contributed by atoms with E-state index in [1.165, 1.54) is 12.8 Å². The highest BCUT2D eigenvalue weighted by Crippen LogP contribution is 2.34. The Labute approximate surface area is 224 Å². The van der Waals surface area contributed by atoms with E-state index in [0.29, 0.717) is 11.3 Å². The van der Waals surface area contributed by atoms with Gasteiger partial charge < -0.3 is 30.3 Å². The third kappa shape index (κ3) is 7.04. The lowest BCUT2D eigenvalue weighted by Crippen LogP contribution is -2.63. The lowest BCUT2D eigenvalue weighted by Gasteiger charge is -2.46. The SMILES string of the molecule is CCOC(=O)c1ccc(NC(=O)N(C2CCC[N+](C)(CC3CC3)C2)[C@@H](Cc2ccc(O)cc2)C(N)=O)cc1. The molecule has 1 heterocycles. The molecular formula is C29H39N4O5+. The van der Waals surface area contributed by atoms with Gasteiger partial charge in [-0.1, -0.05) is 12.1 Å². The van der Waals surface area contributed by atoms with Crippen LogP contribution in [0.25, 0.3) is 0 Å². The second-order valence-electron chi connectivity index (χ2n) is 10.9. The largest absolute Gasteiger partial charge is 0.508 e. The number of benzene rings is 2. The fourth-order valence-corrected chi connectivity index (χ4v) is 5.56. The molecule has 3 atom stereocenters. The number of urea groups is 1. The molecule has 2 aliphatic rings. The van der Waals surface area contributed by atoms with Crippen molar-refractivity contribution in [1.82, 2.24) is 4.90 Å². The Bertz CT molecular complexity index is 1130. The Morgan fingerprint density at radius 3 is 2.39 bits per heavy atom. The van der Waals surface area contributed by atoms with Crippen LogP contribution in [-0.2, 0) is 16.0 Å². The molecule has 4 rings (SSSR count). The Hall–Kier alpha value is -3.59. The molecule has 2 aromatic rings. The van der Waals surface area contributed by atoms with E-state index in [0.717, 1.165) is 48.4 Å². The molecule has 0 aromatic heterocycles. The Balaban J connectivity index is 1.59. The van der Waals surface area contributed by atoms with Crippen LogP contribution in [0.2, 0.25) is 0 Å². The summed E-state index contributed by atoms with van der Waals surface area (Å²) in [5.74, 6) is -0.133. The highest BCUT2D eigenvalue weighted by Gasteiger charge is 2.43. The molecule has 4 N–H and O–H groups in total.